The number of nitrogens with one attached hydrogen (secondary N) is 1. The predicted octanol–water partition coefficient (Wildman–Crippen LogP) is 3.77. The van der Waals surface area contributed by atoms with E-state index in [9.17, 15) is 9.59 Å². The van der Waals surface area contributed by atoms with Crippen LogP contribution in [-0.4, -0.2) is 27.7 Å². The lowest BCUT2D eigenvalue weighted by Gasteiger charge is -2.24. The van der Waals surface area contributed by atoms with Crippen molar-refractivity contribution in [2.75, 3.05) is 10.2 Å². The summed E-state index contributed by atoms with van der Waals surface area (Å²) in [7, 11) is 0. The average molecular weight is 370 g/mol. The van der Waals surface area contributed by atoms with Crippen LogP contribution in [0.25, 0.3) is 0 Å². The molecule has 1 aliphatic carbocycles. The summed E-state index contributed by atoms with van der Waals surface area (Å²) < 4.78 is 0. The molecule has 0 saturated heterocycles. The van der Waals surface area contributed by atoms with Crippen LogP contribution in [0.15, 0.2) is 60.9 Å². The number of nitrogens with zero attached hydrogens (tertiary/aromatic N) is 3. The molecular formula is C22H18N4O2. The van der Waals surface area contributed by atoms with Crippen LogP contribution < -0.4 is 10.2 Å². The molecule has 0 bridgehead atoms. The van der Waals surface area contributed by atoms with Crippen molar-refractivity contribution in [3.8, 4) is 0 Å². The summed E-state index contributed by atoms with van der Waals surface area (Å²) in [5.41, 5.74) is 2.53. The number of ketones is 1. The van der Waals surface area contributed by atoms with Gasteiger partial charge in [-0.05, 0) is 36.6 Å². The maximum Gasteiger partial charge on any atom is 0.259 e. The Kier molecular flexibility index (Phi) is 3.90. The molecule has 5 rings (SSSR count). The van der Waals surface area contributed by atoms with E-state index in [-0.39, 0.29) is 24.2 Å². The lowest BCUT2D eigenvalue weighted by atomic mass is 10.0. The van der Waals surface area contributed by atoms with E-state index in [4.69, 9.17) is 0 Å². The van der Waals surface area contributed by atoms with E-state index in [2.05, 4.69) is 15.3 Å². The van der Waals surface area contributed by atoms with Crippen molar-refractivity contribution in [1.82, 2.24) is 9.97 Å². The molecule has 1 N–H and O–H groups in total. The standard InChI is InChI=1S/C22H18N4O2/c27-18(14-5-2-1-3-6-14)13-15-10-12-24-21-19(15)25-22(28)17-7-4-11-23-20(17)26(21)16-8-9-16/h1-7,10-12,16H,8-9,13H2,(H,25,28). The monoisotopic (exact) mass is 370 g/mol. The van der Waals surface area contributed by atoms with E-state index in [0.717, 1.165) is 18.4 Å². The van der Waals surface area contributed by atoms with Gasteiger partial charge in [0.25, 0.3) is 5.91 Å². The molecule has 3 heterocycles. The van der Waals surface area contributed by atoms with Gasteiger partial charge in [0, 0.05) is 30.4 Å². The maximum absolute atomic E-state index is 12.9. The van der Waals surface area contributed by atoms with Gasteiger partial charge < -0.3 is 10.2 Å². The highest BCUT2D eigenvalue weighted by Crippen LogP contribution is 2.43. The Morgan fingerprint density at radius 2 is 1.79 bits per heavy atom. The van der Waals surface area contributed by atoms with Crippen molar-refractivity contribution < 1.29 is 9.59 Å². The Bertz CT molecular complexity index is 1080. The number of hydrogen-bond donors (Lipinski definition) is 1. The molecule has 1 amide bonds. The second-order valence-electron chi connectivity index (χ2n) is 7.06. The zero-order valence-corrected chi connectivity index (χ0v) is 15.1. The van der Waals surface area contributed by atoms with Crippen molar-refractivity contribution in [1.29, 1.82) is 0 Å². The summed E-state index contributed by atoms with van der Waals surface area (Å²) in [5.74, 6) is 1.06. The fourth-order valence-corrected chi connectivity index (χ4v) is 3.58. The molecule has 0 radical (unpaired) electrons. The fourth-order valence-electron chi connectivity index (χ4n) is 3.58. The molecule has 1 aromatic carbocycles. The van der Waals surface area contributed by atoms with Crippen molar-refractivity contribution in [2.24, 2.45) is 0 Å². The van der Waals surface area contributed by atoms with E-state index < -0.39 is 0 Å². The molecule has 0 atom stereocenters. The molecule has 6 nitrogen and oxygen atoms in total. The topological polar surface area (TPSA) is 75.2 Å². The summed E-state index contributed by atoms with van der Waals surface area (Å²) in [6.45, 7) is 0. The largest absolute Gasteiger partial charge is 0.318 e. The summed E-state index contributed by atoms with van der Waals surface area (Å²) in [5, 5.41) is 2.98. The number of carbonyl (C=O) groups is 2. The molecule has 138 valence electrons. The highest BCUT2D eigenvalue weighted by atomic mass is 16.1. The first-order valence-electron chi connectivity index (χ1n) is 9.34. The summed E-state index contributed by atoms with van der Waals surface area (Å²) >= 11 is 0. The van der Waals surface area contributed by atoms with Gasteiger partial charge in [-0.25, -0.2) is 9.97 Å². The zero-order valence-electron chi connectivity index (χ0n) is 15.1. The number of carbonyl (C=O) groups excluding carboxylic acids is 2. The van der Waals surface area contributed by atoms with E-state index in [1.165, 1.54) is 0 Å². The van der Waals surface area contributed by atoms with Gasteiger partial charge in [0.1, 0.15) is 5.82 Å². The molecule has 1 aliphatic heterocycles. The lowest BCUT2D eigenvalue weighted by Crippen LogP contribution is -2.22. The van der Waals surface area contributed by atoms with Crippen LogP contribution in [0, 0.1) is 0 Å². The molecule has 3 aromatic rings. The van der Waals surface area contributed by atoms with Crippen molar-refractivity contribution in [2.45, 2.75) is 25.3 Å². The minimum absolute atomic E-state index is 0.00103. The fraction of sp³-hybridized carbons (Fsp3) is 0.182. The SMILES string of the molecule is O=C(Cc1ccnc2c1NC(=O)c1cccnc1N2C1CC1)c1ccccc1. The minimum Gasteiger partial charge on any atom is -0.318 e. The Morgan fingerprint density at radius 3 is 2.57 bits per heavy atom. The third-order valence-electron chi connectivity index (χ3n) is 5.10. The van der Waals surface area contributed by atoms with Crippen LogP contribution >= 0.6 is 0 Å². The van der Waals surface area contributed by atoms with Crippen molar-refractivity contribution in [3.63, 3.8) is 0 Å². The number of Topliss-reactive ketones (excluding diaryl/α,β-unsaturated/α-hetero) is 1. The minimum atomic E-state index is -0.228. The van der Waals surface area contributed by atoms with Crippen LogP contribution in [0.2, 0.25) is 0 Å². The zero-order chi connectivity index (χ0) is 19.1. The number of fused-ring (bicyclic) bond motifs is 2. The van der Waals surface area contributed by atoms with Gasteiger partial charge in [0.2, 0.25) is 0 Å². The molecular weight excluding hydrogens is 352 g/mol. The van der Waals surface area contributed by atoms with E-state index in [0.29, 0.717) is 28.5 Å². The smallest absolute Gasteiger partial charge is 0.259 e. The molecule has 2 aliphatic rings. The second kappa shape index (κ2) is 6.56. The number of anilines is 3. The highest BCUT2D eigenvalue weighted by Gasteiger charge is 2.38. The van der Waals surface area contributed by atoms with Crippen LogP contribution in [0.4, 0.5) is 17.3 Å². The van der Waals surface area contributed by atoms with Crippen molar-refractivity contribution >= 4 is 29.0 Å². The maximum atomic E-state index is 12.9. The highest BCUT2D eigenvalue weighted by molar-refractivity contribution is 6.12. The van der Waals surface area contributed by atoms with E-state index in [1.807, 2.05) is 23.1 Å². The first-order valence-corrected chi connectivity index (χ1v) is 9.34. The number of aromatic nitrogens is 2. The second-order valence-corrected chi connectivity index (χ2v) is 7.06. The van der Waals surface area contributed by atoms with E-state index >= 15 is 0 Å². The van der Waals surface area contributed by atoms with Crippen LogP contribution in [0.3, 0.4) is 0 Å². The Labute approximate surface area is 162 Å². The van der Waals surface area contributed by atoms with Gasteiger partial charge in [-0.15, -0.1) is 0 Å². The van der Waals surface area contributed by atoms with Crippen molar-refractivity contribution in [3.05, 3.63) is 77.6 Å². The first-order chi connectivity index (χ1) is 13.7. The number of benzene rings is 1. The summed E-state index contributed by atoms with van der Waals surface area (Å²) in [4.78, 5) is 36.7. The third-order valence-corrected chi connectivity index (χ3v) is 5.10. The van der Waals surface area contributed by atoms with Gasteiger partial charge in [-0.1, -0.05) is 30.3 Å². The molecule has 1 fully saturated rings. The van der Waals surface area contributed by atoms with Crippen LogP contribution in [0.5, 0.6) is 0 Å². The average Bonchev–Trinajstić information content (AvgIpc) is 3.56. The Hall–Kier alpha value is -3.54. The summed E-state index contributed by atoms with van der Waals surface area (Å²) in [6, 6.07) is 14.8. The number of rotatable bonds is 4. The third kappa shape index (κ3) is 2.83. The number of pyridine rings is 2. The predicted molar refractivity (Wildman–Crippen MR) is 106 cm³/mol. The molecule has 0 spiro atoms. The van der Waals surface area contributed by atoms with Crippen LogP contribution in [0.1, 0.15) is 39.1 Å². The Morgan fingerprint density at radius 1 is 1.00 bits per heavy atom. The molecule has 0 unspecified atom stereocenters. The van der Waals surface area contributed by atoms with Gasteiger partial charge in [0.05, 0.1) is 11.3 Å². The van der Waals surface area contributed by atoms with Crippen LogP contribution in [-0.2, 0) is 6.42 Å². The molecule has 2 aromatic heterocycles. The van der Waals surface area contributed by atoms with Gasteiger partial charge >= 0.3 is 0 Å². The van der Waals surface area contributed by atoms with Gasteiger partial charge in [-0.2, -0.15) is 0 Å². The summed E-state index contributed by atoms with van der Waals surface area (Å²) in [6.07, 6.45) is 5.63. The lowest BCUT2D eigenvalue weighted by molar-refractivity contribution is 0.0989. The van der Waals surface area contributed by atoms with Gasteiger partial charge in [0.15, 0.2) is 11.6 Å². The number of amides is 1. The Balaban J connectivity index is 1.59. The normalized spacial score (nSPS) is 15.3. The van der Waals surface area contributed by atoms with E-state index in [1.54, 1.807) is 42.7 Å². The molecule has 6 heteroatoms. The van der Waals surface area contributed by atoms with Gasteiger partial charge in [-0.3, -0.25) is 9.59 Å². The first kappa shape index (κ1) is 16.6. The molecule has 28 heavy (non-hydrogen) atoms. The quantitative estimate of drug-likeness (QED) is 0.708. The molecule has 1 saturated carbocycles. The number of hydrogen-bond acceptors (Lipinski definition) is 5.